The smallest absolute Gasteiger partial charge is 0.262 e. The van der Waals surface area contributed by atoms with Crippen molar-refractivity contribution in [2.45, 2.75) is 31.7 Å². The van der Waals surface area contributed by atoms with Gasteiger partial charge in [0.2, 0.25) is 11.8 Å². The molecule has 4 aliphatic rings. The second kappa shape index (κ2) is 10.3. The molecule has 3 N–H and O–H groups in total. The Balaban J connectivity index is 1.03. The molecule has 3 fully saturated rings. The average molecular weight is 532 g/mol. The summed E-state index contributed by atoms with van der Waals surface area (Å²) in [4.78, 5) is 62.4. The van der Waals surface area contributed by atoms with Crippen molar-refractivity contribution in [3.8, 4) is 0 Å². The number of pyridine rings is 1. The van der Waals surface area contributed by atoms with Gasteiger partial charge in [-0.3, -0.25) is 34.3 Å². The second-order valence-electron chi connectivity index (χ2n) is 10.8. The van der Waals surface area contributed by atoms with Crippen LogP contribution in [-0.4, -0.2) is 90.3 Å². The maximum Gasteiger partial charge on any atom is 0.262 e. The highest BCUT2D eigenvalue weighted by molar-refractivity contribution is 6.23. The molecule has 2 aromatic rings. The first-order valence-corrected chi connectivity index (χ1v) is 13.7. The van der Waals surface area contributed by atoms with E-state index < -0.39 is 23.8 Å². The molecule has 1 atom stereocenters. The van der Waals surface area contributed by atoms with Crippen LogP contribution in [0.4, 0.5) is 17.2 Å². The number of carbonyl (C=O) groups is 4. The van der Waals surface area contributed by atoms with E-state index in [1.54, 1.807) is 12.1 Å². The van der Waals surface area contributed by atoms with E-state index in [-0.39, 0.29) is 18.7 Å². The van der Waals surface area contributed by atoms with Crippen LogP contribution in [-0.2, 0) is 9.59 Å². The Bertz CT molecular complexity index is 1300. The van der Waals surface area contributed by atoms with E-state index in [1.807, 2.05) is 24.4 Å². The van der Waals surface area contributed by atoms with E-state index >= 15 is 0 Å². The number of piperazine rings is 1. The Morgan fingerprint density at radius 1 is 0.821 bits per heavy atom. The van der Waals surface area contributed by atoms with Crippen LogP contribution in [0.5, 0.6) is 0 Å². The van der Waals surface area contributed by atoms with E-state index in [4.69, 9.17) is 5.73 Å². The fourth-order valence-electron chi connectivity index (χ4n) is 6.17. The number of anilines is 3. The Morgan fingerprint density at radius 2 is 1.51 bits per heavy atom. The molecule has 1 aromatic heterocycles. The molecule has 4 amide bonds. The van der Waals surface area contributed by atoms with Gasteiger partial charge >= 0.3 is 0 Å². The summed E-state index contributed by atoms with van der Waals surface area (Å²) >= 11 is 0. The Kier molecular flexibility index (Phi) is 6.68. The van der Waals surface area contributed by atoms with Crippen molar-refractivity contribution < 1.29 is 19.2 Å². The summed E-state index contributed by atoms with van der Waals surface area (Å²) in [7, 11) is 0. The van der Waals surface area contributed by atoms with E-state index in [0.29, 0.717) is 22.9 Å². The monoisotopic (exact) mass is 531 g/mol. The molecule has 0 bridgehead atoms. The minimum Gasteiger partial charge on any atom is -0.384 e. The maximum atomic E-state index is 13.2. The molecule has 0 saturated carbocycles. The largest absolute Gasteiger partial charge is 0.384 e. The summed E-state index contributed by atoms with van der Waals surface area (Å²) in [6.45, 7) is 6.69. The van der Waals surface area contributed by atoms with Gasteiger partial charge in [0.15, 0.2) is 0 Å². The highest BCUT2D eigenvalue weighted by Gasteiger charge is 2.44. The number of nitrogens with zero attached hydrogens (tertiary/aromatic N) is 5. The maximum absolute atomic E-state index is 13.2. The molecule has 3 saturated heterocycles. The number of rotatable bonds is 5. The molecule has 1 unspecified atom stereocenters. The molecule has 11 nitrogen and oxygen atoms in total. The number of benzene rings is 1. The third-order valence-corrected chi connectivity index (χ3v) is 8.43. The summed E-state index contributed by atoms with van der Waals surface area (Å²) in [5, 5.41) is 2.24. The van der Waals surface area contributed by atoms with Crippen LogP contribution >= 0.6 is 0 Å². The fraction of sp³-hybridized carbons (Fsp3) is 0.464. The van der Waals surface area contributed by atoms with Crippen molar-refractivity contribution in [1.29, 1.82) is 0 Å². The lowest BCUT2D eigenvalue weighted by molar-refractivity contribution is -0.136. The van der Waals surface area contributed by atoms with Gasteiger partial charge in [0, 0.05) is 57.9 Å². The Labute approximate surface area is 226 Å². The lowest BCUT2D eigenvalue weighted by Gasteiger charge is -2.40. The van der Waals surface area contributed by atoms with Crippen molar-refractivity contribution in [2.24, 2.45) is 5.92 Å². The normalized spacial score (nSPS) is 22.9. The SMILES string of the molecule is Nc1ccc(N2CCC(CN3CCN(c4ccc5c(c4)C(=O)N(C4CCC(=O)NC4=O)C5=O)CC3)CC2)cn1. The number of nitrogens with two attached hydrogens (primary N) is 1. The van der Waals surface area contributed by atoms with Crippen LogP contribution in [0.15, 0.2) is 36.5 Å². The number of nitrogen functional groups attached to an aromatic ring is 1. The number of carbonyl (C=O) groups excluding carboxylic acids is 4. The van der Waals surface area contributed by atoms with Crippen LogP contribution in [0, 0.1) is 5.92 Å². The van der Waals surface area contributed by atoms with Crippen LogP contribution in [0.3, 0.4) is 0 Å². The van der Waals surface area contributed by atoms with Gasteiger partial charge in [0.05, 0.1) is 23.0 Å². The highest BCUT2D eigenvalue weighted by Crippen LogP contribution is 2.31. The van der Waals surface area contributed by atoms with Gasteiger partial charge in [0.25, 0.3) is 11.8 Å². The van der Waals surface area contributed by atoms with E-state index in [9.17, 15) is 19.2 Å². The molecule has 1 aromatic carbocycles. The number of piperidine rings is 2. The molecule has 6 rings (SSSR count). The third-order valence-electron chi connectivity index (χ3n) is 8.43. The zero-order valence-corrected chi connectivity index (χ0v) is 21.8. The quantitative estimate of drug-likeness (QED) is 0.545. The Morgan fingerprint density at radius 3 is 2.21 bits per heavy atom. The molecule has 0 spiro atoms. The molecule has 5 heterocycles. The van der Waals surface area contributed by atoms with Crippen molar-refractivity contribution in [3.05, 3.63) is 47.7 Å². The van der Waals surface area contributed by atoms with Crippen molar-refractivity contribution >= 4 is 40.8 Å². The van der Waals surface area contributed by atoms with Crippen LogP contribution < -0.4 is 20.9 Å². The minimum atomic E-state index is -0.947. The van der Waals surface area contributed by atoms with Crippen molar-refractivity contribution in [2.75, 3.05) is 61.3 Å². The first-order chi connectivity index (χ1) is 18.9. The molecule has 11 heteroatoms. The number of fused-ring (bicyclic) bond motifs is 1. The topological polar surface area (TPSA) is 132 Å². The first-order valence-electron chi connectivity index (χ1n) is 13.7. The zero-order chi connectivity index (χ0) is 27.1. The molecule has 4 aliphatic heterocycles. The second-order valence-corrected chi connectivity index (χ2v) is 10.8. The van der Waals surface area contributed by atoms with Gasteiger partial charge in [-0.2, -0.15) is 0 Å². The lowest BCUT2D eigenvalue weighted by atomic mass is 9.95. The summed E-state index contributed by atoms with van der Waals surface area (Å²) in [6, 6.07) is 8.29. The predicted octanol–water partition coefficient (Wildman–Crippen LogP) is 1.10. The number of hydrogen-bond donors (Lipinski definition) is 2. The summed E-state index contributed by atoms with van der Waals surface area (Å²) in [5.74, 6) is -0.704. The van der Waals surface area contributed by atoms with Crippen molar-refractivity contribution in [3.63, 3.8) is 0 Å². The third kappa shape index (κ3) is 4.94. The van der Waals surface area contributed by atoms with Gasteiger partial charge in [-0.05, 0) is 55.5 Å². The molecule has 0 aliphatic carbocycles. The first kappa shape index (κ1) is 25.3. The van der Waals surface area contributed by atoms with Crippen LogP contribution in [0.25, 0.3) is 0 Å². The van der Waals surface area contributed by atoms with Crippen LogP contribution in [0.1, 0.15) is 46.4 Å². The molecular weight excluding hydrogens is 498 g/mol. The summed E-state index contributed by atoms with van der Waals surface area (Å²) < 4.78 is 0. The van der Waals surface area contributed by atoms with E-state index in [1.165, 1.54) is 0 Å². The summed E-state index contributed by atoms with van der Waals surface area (Å²) in [6.07, 6.45) is 4.41. The molecule has 204 valence electrons. The summed E-state index contributed by atoms with van der Waals surface area (Å²) in [5.41, 5.74) is 8.39. The van der Waals surface area contributed by atoms with E-state index in [2.05, 4.69) is 25.0 Å². The fourth-order valence-corrected chi connectivity index (χ4v) is 6.17. The number of amides is 4. The van der Waals surface area contributed by atoms with E-state index in [0.717, 1.165) is 74.9 Å². The van der Waals surface area contributed by atoms with Gasteiger partial charge in [0.1, 0.15) is 11.9 Å². The molecule has 0 radical (unpaired) electrons. The Hall–Kier alpha value is -3.99. The number of imide groups is 2. The number of nitrogens with one attached hydrogen (secondary N) is 1. The molecule has 39 heavy (non-hydrogen) atoms. The van der Waals surface area contributed by atoms with Gasteiger partial charge in [-0.1, -0.05) is 0 Å². The molecular formula is C28H33N7O4. The highest BCUT2D eigenvalue weighted by atomic mass is 16.2. The van der Waals surface area contributed by atoms with Crippen LogP contribution in [0.2, 0.25) is 0 Å². The average Bonchev–Trinajstić information content (AvgIpc) is 3.19. The van der Waals surface area contributed by atoms with Gasteiger partial charge < -0.3 is 15.5 Å². The zero-order valence-electron chi connectivity index (χ0n) is 21.8. The van der Waals surface area contributed by atoms with Gasteiger partial charge in [-0.25, -0.2) is 4.98 Å². The standard InChI is InChI=1S/C28H33N7O4/c29-24-5-2-20(16-30-24)33-9-7-18(8-10-33)17-32-11-13-34(14-12-32)19-1-3-21-22(15-19)28(39)35(27(21)38)23-4-6-25(36)31-26(23)37/h1-3,5,15-16,18,23H,4,6-14,17H2,(H2,29,30)(H,31,36,37). The van der Waals surface area contributed by atoms with Crippen molar-refractivity contribution in [1.82, 2.24) is 20.1 Å². The lowest BCUT2D eigenvalue weighted by Crippen LogP contribution is -2.54. The predicted molar refractivity (Wildman–Crippen MR) is 145 cm³/mol. The number of hydrogen-bond acceptors (Lipinski definition) is 9. The number of aromatic nitrogens is 1. The minimum absolute atomic E-state index is 0.110. The van der Waals surface area contributed by atoms with Gasteiger partial charge in [-0.15, -0.1) is 0 Å².